The zero-order valence-corrected chi connectivity index (χ0v) is 5.80. The van der Waals surface area contributed by atoms with Gasteiger partial charge < -0.3 is 0 Å². The molecule has 36 valence electrons. The second kappa shape index (κ2) is 3.10. The Labute approximate surface area is 50.8 Å². The quantitative estimate of drug-likeness (QED) is 0.503. The van der Waals surface area contributed by atoms with Gasteiger partial charge >= 0.3 is 0 Å². The van der Waals surface area contributed by atoms with Crippen molar-refractivity contribution < 1.29 is 0 Å². The van der Waals surface area contributed by atoms with E-state index in [2.05, 4.69) is 0 Å². The van der Waals surface area contributed by atoms with Crippen molar-refractivity contribution in [2.45, 2.75) is 0 Å². The Kier molecular flexibility index (Phi) is 2.69. The maximum absolute atomic E-state index is 2.02. The largest absolute Gasteiger partial charge is 0.140 e. The van der Waals surface area contributed by atoms with Gasteiger partial charge in [-0.05, 0) is 0 Å². The van der Waals surface area contributed by atoms with Crippen LogP contribution in [-0.4, -0.2) is 15.3 Å². The minimum atomic E-state index is 1.31. The maximum atomic E-state index is 2.02. The Morgan fingerprint density at radius 3 is 1.17 bits per heavy atom. The van der Waals surface area contributed by atoms with Crippen molar-refractivity contribution in [3.05, 3.63) is 0 Å². The van der Waals surface area contributed by atoms with Crippen LogP contribution in [0.15, 0.2) is 0 Å². The number of thioether (sulfide) groups is 3. The molecule has 1 aliphatic heterocycles. The van der Waals surface area contributed by atoms with Gasteiger partial charge in [0.1, 0.15) is 0 Å². The van der Waals surface area contributed by atoms with E-state index >= 15 is 0 Å². The summed E-state index contributed by atoms with van der Waals surface area (Å²) in [6, 6.07) is 0. The van der Waals surface area contributed by atoms with Gasteiger partial charge in [0.25, 0.3) is 0 Å². The summed E-state index contributed by atoms with van der Waals surface area (Å²) in [6.07, 6.45) is 0. The first-order valence-corrected chi connectivity index (χ1v) is 5.20. The van der Waals surface area contributed by atoms with Crippen LogP contribution in [0.3, 0.4) is 0 Å². The summed E-state index contributed by atoms with van der Waals surface area (Å²) in [7, 11) is 0. The van der Waals surface area contributed by atoms with Gasteiger partial charge in [-0.1, -0.05) is 0 Å². The lowest BCUT2D eigenvalue weighted by atomic mass is 11.8. The molecule has 0 aromatic rings. The fourth-order valence-electron chi connectivity index (χ4n) is 0.279. The Hall–Kier alpha value is 1.05. The standard InChI is InChI=1S/C3H6S3/c1-4-2-6-3-5-1/h1-3H2. The van der Waals surface area contributed by atoms with Crippen molar-refractivity contribution in [2.24, 2.45) is 0 Å². The molecular weight excluding hydrogens is 132 g/mol. The van der Waals surface area contributed by atoms with Crippen LogP contribution in [0.25, 0.3) is 0 Å². The highest BCUT2D eigenvalue weighted by atomic mass is 32.3. The van der Waals surface area contributed by atoms with Crippen LogP contribution >= 0.6 is 35.3 Å². The SMILES string of the molecule is C1SCSCS1. The summed E-state index contributed by atoms with van der Waals surface area (Å²) in [5.41, 5.74) is 0. The van der Waals surface area contributed by atoms with Crippen molar-refractivity contribution >= 4 is 35.3 Å². The Bertz CT molecular complexity index is 21.5. The van der Waals surface area contributed by atoms with Crippen LogP contribution in [-0.2, 0) is 0 Å². The zero-order valence-electron chi connectivity index (χ0n) is 3.35. The van der Waals surface area contributed by atoms with Gasteiger partial charge in [-0.15, -0.1) is 35.3 Å². The monoisotopic (exact) mass is 138 g/mol. The van der Waals surface area contributed by atoms with Crippen molar-refractivity contribution in [1.29, 1.82) is 0 Å². The molecule has 6 heavy (non-hydrogen) atoms. The van der Waals surface area contributed by atoms with Gasteiger partial charge in [0.15, 0.2) is 0 Å². The van der Waals surface area contributed by atoms with Gasteiger partial charge in [0.05, 0.1) is 0 Å². The Morgan fingerprint density at radius 1 is 0.667 bits per heavy atom. The van der Waals surface area contributed by atoms with Crippen LogP contribution < -0.4 is 0 Å². The lowest BCUT2D eigenvalue weighted by Gasteiger charge is -2.05. The van der Waals surface area contributed by atoms with Gasteiger partial charge in [0, 0.05) is 15.3 Å². The Balaban J connectivity index is 2.00. The summed E-state index contributed by atoms with van der Waals surface area (Å²) >= 11 is 6.06. The van der Waals surface area contributed by atoms with Crippen LogP contribution in [0, 0.1) is 0 Å². The minimum absolute atomic E-state index is 1.31. The second-order valence-corrected chi connectivity index (χ2v) is 5.02. The van der Waals surface area contributed by atoms with Crippen molar-refractivity contribution in [3.63, 3.8) is 0 Å². The van der Waals surface area contributed by atoms with Crippen LogP contribution in [0.5, 0.6) is 0 Å². The highest BCUT2D eigenvalue weighted by molar-refractivity contribution is 8.31. The van der Waals surface area contributed by atoms with E-state index in [1.54, 1.807) is 0 Å². The van der Waals surface area contributed by atoms with Crippen molar-refractivity contribution in [2.75, 3.05) is 15.3 Å². The molecular formula is C3H6S3. The summed E-state index contributed by atoms with van der Waals surface area (Å²) in [6.45, 7) is 0. The summed E-state index contributed by atoms with van der Waals surface area (Å²) in [4.78, 5) is 0. The van der Waals surface area contributed by atoms with Crippen molar-refractivity contribution in [1.82, 2.24) is 0 Å². The molecule has 1 heterocycles. The fourth-order valence-corrected chi connectivity index (χ4v) is 4.35. The van der Waals surface area contributed by atoms with Crippen LogP contribution in [0.4, 0.5) is 0 Å². The summed E-state index contributed by atoms with van der Waals surface area (Å²) < 4.78 is 0. The molecule has 0 atom stereocenters. The molecule has 1 aliphatic rings. The Morgan fingerprint density at radius 2 is 1.00 bits per heavy atom. The molecule has 0 radical (unpaired) electrons. The highest BCUT2D eigenvalue weighted by Crippen LogP contribution is 2.27. The molecule has 0 bridgehead atoms. The maximum Gasteiger partial charge on any atom is 0.0408 e. The van der Waals surface area contributed by atoms with E-state index in [1.807, 2.05) is 35.3 Å². The normalized spacial score (nSPS) is 24.0. The molecule has 0 aliphatic carbocycles. The van der Waals surface area contributed by atoms with Gasteiger partial charge in [-0.3, -0.25) is 0 Å². The third-order valence-electron chi connectivity index (χ3n) is 0.500. The third-order valence-corrected chi connectivity index (χ3v) is 4.50. The van der Waals surface area contributed by atoms with E-state index in [0.29, 0.717) is 0 Å². The lowest BCUT2D eigenvalue weighted by molar-refractivity contribution is 2.03. The summed E-state index contributed by atoms with van der Waals surface area (Å²) in [5, 5.41) is 3.94. The van der Waals surface area contributed by atoms with Crippen LogP contribution in [0.2, 0.25) is 0 Å². The number of hydrogen-bond donors (Lipinski definition) is 0. The average molecular weight is 138 g/mol. The van der Waals surface area contributed by atoms with E-state index in [-0.39, 0.29) is 0 Å². The molecule has 1 saturated heterocycles. The first kappa shape index (κ1) is 5.19. The molecule has 0 nitrogen and oxygen atoms in total. The first-order valence-electron chi connectivity index (χ1n) is 1.73. The second-order valence-electron chi connectivity index (χ2n) is 0.966. The van der Waals surface area contributed by atoms with E-state index in [4.69, 9.17) is 0 Å². The molecule has 1 fully saturated rings. The fraction of sp³-hybridized carbons (Fsp3) is 1.00. The molecule has 0 unspecified atom stereocenters. The minimum Gasteiger partial charge on any atom is -0.140 e. The molecule has 0 amide bonds. The summed E-state index contributed by atoms with van der Waals surface area (Å²) in [5.74, 6) is 0. The molecule has 0 aromatic heterocycles. The first-order chi connectivity index (χ1) is 3.00. The molecule has 0 saturated carbocycles. The van der Waals surface area contributed by atoms with Crippen LogP contribution in [0.1, 0.15) is 0 Å². The lowest BCUT2D eigenvalue weighted by Crippen LogP contribution is -1.82. The molecule has 0 spiro atoms. The van der Waals surface area contributed by atoms with E-state index in [1.165, 1.54) is 15.3 Å². The van der Waals surface area contributed by atoms with Crippen molar-refractivity contribution in [3.8, 4) is 0 Å². The third kappa shape index (κ3) is 1.67. The van der Waals surface area contributed by atoms with E-state index in [9.17, 15) is 0 Å². The molecule has 0 aromatic carbocycles. The smallest absolute Gasteiger partial charge is 0.0408 e. The molecule has 1 rings (SSSR count). The van der Waals surface area contributed by atoms with E-state index in [0.717, 1.165) is 0 Å². The average Bonchev–Trinajstić information content (AvgIpc) is 1.72. The van der Waals surface area contributed by atoms with Gasteiger partial charge in [-0.25, -0.2) is 0 Å². The zero-order chi connectivity index (χ0) is 4.24. The number of hydrogen-bond acceptors (Lipinski definition) is 3. The number of rotatable bonds is 0. The topological polar surface area (TPSA) is 0 Å². The highest BCUT2D eigenvalue weighted by Gasteiger charge is 1.96. The molecule has 3 heteroatoms. The molecule has 0 N–H and O–H groups in total. The predicted molar refractivity (Wildman–Crippen MR) is 37.4 cm³/mol. The van der Waals surface area contributed by atoms with Gasteiger partial charge in [-0.2, -0.15) is 0 Å². The van der Waals surface area contributed by atoms with E-state index < -0.39 is 0 Å². The van der Waals surface area contributed by atoms with Gasteiger partial charge in [0.2, 0.25) is 0 Å². The predicted octanol–water partition coefficient (Wildman–Crippen LogP) is 2.07.